The lowest BCUT2D eigenvalue weighted by atomic mass is 9.74. The molecule has 2 saturated heterocycles. The Morgan fingerprint density at radius 2 is 2.06 bits per heavy atom. The van der Waals surface area contributed by atoms with Gasteiger partial charge in [0.15, 0.2) is 0 Å². The number of hydrogen-bond acceptors (Lipinski definition) is 10. The quantitative estimate of drug-likeness (QED) is 0.564. The highest BCUT2D eigenvalue weighted by molar-refractivity contribution is 5.92. The van der Waals surface area contributed by atoms with E-state index in [2.05, 4.69) is 30.3 Å². The number of piperidine rings is 1. The topological polar surface area (TPSA) is 164 Å². The van der Waals surface area contributed by atoms with Crippen LogP contribution in [-0.2, 0) is 9.53 Å². The average molecular weight is 434 g/mol. The second-order valence-electron chi connectivity index (χ2n) is 7.85. The van der Waals surface area contributed by atoms with E-state index in [-0.39, 0.29) is 24.7 Å². The maximum Gasteiger partial charge on any atom is 0.290 e. The lowest BCUT2D eigenvalue weighted by Gasteiger charge is -2.51. The zero-order valence-electron chi connectivity index (χ0n) is 17.4. The van der Waals surface area contributed by atoms with Crippen molar-refractivity contribution in [3.63, 3.8) is 0 Å². The second-order valence-corrected chi connectivity index (χ2v) is 7.85. The maximum atomic E-state index is 12.6. The van der Waals surface area contributed by atoms with E-state index in [0.29, 0.717) is 31.3 Å². The van der Waals surface area contributed by atoms with Crippen LogP contribution in [-0.4, -0.2) is 79.6 Å². The van der Waals surface area contributed by atoms with Crippen LogP contribution in [0.3, 0.4) is 0 Å². The third kappa shape index (κ3) is 5.14. The van der Waals surface area contributed by atoms with E-state index >= 15 is 0 Å². The van der Waals surface area contributed by atoms with Gasteiger partial charge in [0.1, 0.15) is 11.8 Å². The molecule has 31 heavy (non-hydrogen) atoms. The molecule has 0 aromatic carbocycles. The molecule has 2 fully saturated rings. The van der Waals surface area contributed by atoms with E-state index in [4.69, 9.17) is 19.2 Å². The van der Waals surface area contributed by atoms with Crippen LogP contribution in [0.4, 0.5) is 5.95 Å². The molecule has 0 aliphatic carbocycles. The van der Waals surface area contributed by atoms with Gasteiger partial charge in [-0.2, -0.15) is 4.98 Å². The van der Waals surface area contributed by atoms with Crippen LogP contribution in [0.25, 0.3) is 0 Å². The van der Waals surface area contributed by atoms with Crippen molar-refractivity contribution in [1.29, 1.82) is 0 Å². The molecule has 4 heterocycles. The van der Waals surface area contributed by atoms with E-state index in [9.17, 15) is 9.90 Å². The van der Waals surface area contributed by atoms with Crippen LogP contribution < -0.4 is 10.2 Å². The monoisotopic (exact) mass is 434 g/mol. The van der Waals surface area contributed by atoms with Gasteiger partial charge in [-0.3, -0.25) is 14.6 Å². The number of amides is 1. The Balaban J connectivity index is 0.000000858. The van der Waals surface area contributed by atoms with Crippen molar-refractivity contribution in [3.8, 4) is 0 Å². The highest BCUT2D eigenvalue weighted by Gasteiger charge is 2.50. The van der Waals surface area contributed by atoms with Gasteiger partial charge in [0, 0.05) is 38.8 Å². The number of ether oxygens (including phenoxy) is 1. The molecule has 12 nitrogen and oxygen atoms in total. The number of hydrogen-bond donors (Lipinski definition) is 3. The molecule has 2 aliphatic heterocycles. The summed E-state index contributed by atoms with van der Waals surface area (Å²) < 4.78 is 11.1. The van der Waals surface area contributed by atoms with Gasteiger partial charge in [-0.25, -0.2) is 4.98 Å². The molecule has 0 saturated carbocycles. The Bertz CT molecular complexity index is 885. The van der Waals surface area contributed by atoms with Gasteiger partial charge in [-0.15, -0.1) is 0 Å². The summed E-state index contributed by atoms with van der Waals surface area (Å²) in [6.45, 7) is 4.95. The van der Waals surface area contributed by atoms with Gasteiger partial charge in [-0.1, -0.05) is 0 Å². The number of aliphatic hydroxyl groups is 1. The standard InChI is InChI=1S/C18H24N6O4.CH2O2/c1-12-21-16(23-28-12)24-7-3-18(4-8-24)11-17(2,14(25)10-27-18)22-15(26)13-9-19-5-6-20-13;2-1-3/h5-6,9,14,25H,3-4,7-8,10-11H2,1-2H3,(H,22,26);1H,(H,2,3)/t14-,17-;/m1./s1. The molecule has 1 spiro atoms. The van der Waals surface area contributed by atoms with Gasteiger partial charge in [-0.05, 0) is 24.9 Å². The first kappa shape index (κ1) is 22.6. The van der Waals surface area contributed by atoms with Crippen molar-refractivity contribution in [1.82, 2.24) is 25.4 Å². The van der Waals surface area contributed by atoms with Crippen LogP contribution in [0.5, 0.6) is 0 Å². The third-order valence-corrected chi connectivity index (χ3v) is 5.64. The predicted octanol–water partition coefficient (Wildman–Crippen LogP) is 0.178. The molecule has 3 N–H and O–H groups in total. The molecule has 2 atom stereocenters. The largest absolute Gasteiger partial charge is 0.483 e. The Kier molecular flexibility index (Phi) is 6.81. The molecular weight excluding hydrogens is 408 g/mol. The molecule has 2 aromatic heterocycles. The Hall–Kier alpha value is -3.12. The first-order valence-corrected chi connectivity index (χ1v) is 9.84. The zero-order chi connectivity index (χ0) is 22.5. The van der Waals surface area contributed by atoms with Crippen molar-refractivity contribution in [2.24, 2.45) is 0 Å². The minimum absolute atomic E-state index is 0.165. The number of anilines is 1. The fourth-order valence-electron chi connectivity index (χ4n) is 4.00. The summed E-state index contributed by atoms with van der Waals surface area (Å²) in [4.78, 5) is 35.2. The molecule has 2 aliphatic rings. The minimum atomic E-state index is -0.822. The summed E-state index contributed by atoms with van der Waals surface area (Å²) in [5.41, 5.74) is -1.02. The van der Waals surface area contributed by atoms with Crippen molar-refractivity contribution >= 4 is 18.3 Å². The lowest BCUT2D eigenvalue weighted by molar-refractivity contribution is -0.167. The maximum absolute atomic E-state index is 12.6. The number of aromatic nitrogens is 4. The van der Waals surface area contributed by atoms with Gasteiger partial charge in [0.25, 0.3) is 18.3 Å². The molecule has 2 aromatic rings. The summed E-state index contributed by atoms with van der Waals surface area (Å²) in [7, 11) is 0. The van der Waals surface area contributed by atoms with E-state index in [1.165, 1.54) is 18.6 Å². The number of nitrogens with zero attached hydrogens (tertiary/aromatic N) is 5. The van der Waals surface area contributed by atoms with Crippen molar-refractivity contribution in [3.05, 3.63) is 30.2 Å². The first-order valence-electron chi connectivity index (χ1n) is 9.84. The number of aliphatic hydroxyl groups excluding tert-OH is 1. The SMILES string of the molecule is Cc1nc(N2CCC3(CC2)C[C@@](C)(NC(=O)c2cnccn2)[C@H](O)CO3)no1.O=CO. The average Bonchev–Trinajstić information content (AvgIpc) is 3.19. The summed E-state index contributed by atoms with van der Waals surface area (Å²) in [6, 6.07) is 0. The second kappa shape index (κ2) is 9.35. The minimum Gasteiger partial charge on any atom is -0.483 e. The summed E-state index contributed by atoms with van der Waals surface area (Å²) >= 11 is 0. The van der Waals surface area contributed by atoms with Gasteiger partial charge in [0.2, 0.25) is 5.89 Å². The summed E-state index contributed by atoms with van der Waals surface area (Å²) in [5.74, 6) is 0.764. The molecule has 0 unspecified atom stereocenters. The molecule has 1 amide bonds. The smallest absolute Gasteiger partial charge is 0.290 e. The highest BCUT2D eigenvalue weighted by Crippen LogP contribution is 2.40. The highest BCUT2D eigenvalue weighted by atomic mass is 16.5. The van der Waals surface area contributed by atoms with Crippen molar-refractivity contribution in [2.45, 2.75) is 50.4 Å². The summed E-state index contributed by atoms with van der Waals surface area (Å²) in [6.07, 6.45) is 5.56. The van der Waals surface area contributed by atoms with Gasteiger partial charge < -0.3 is 29.7 Å². The van der Waals surface area contributed by atoms with Crippen LogP contribution >= 0.6 is 0 Å². The Morgan fingerprint density at radius 1 is 1.35 bits per heavy atom. The zero-order valence-corrected chi connectivity index (χ0v) is 17.4. The molecule has 0 radical (unpaired) electrons. The van der Waals surface area contributed by atoms with Crippen LogP contribution in [0.2, 0.25) is 0 Å². The number of aryl methyl sites for hydroxylation is 1. The van der Waals surface area contributed by atoms with E-state index in [1.54, 1.807) is 6.92 Å². The van der Waals surface area contributed by atoms with Gasteiger partial charge >= 0.3 is 0 Å². The summed E-state index contributed by atoms with van der Waals surface area (Å²) in [5, 5.41) is 24.4. The van der Waals surface area contributed by atoms with E-state index < -0.39 is 17.2 Å². The lowest BCUT2D eigenvalue weighted by Crippen LogP contribution is -2.65. The van der Waals surface area contributed by atoms with E-state index in [1.807, 2.05) is 6.92 Å². The fraction of sp³-hybridized carbons (Fsp3) is 0.579. The number of carboxylic acid groups (broad SMARTS) is 1. The fourth-order valence-corrected chi connectivity index (χ4v) is 4.00. The van der Waals surface area contributed by atoms with Crippen LogP contribution in [0.15, 0.2) is 23.1 Å². The number of carbonyl (C=O) groups excluding carboxylic acids is 1. The molecular formula is C19H26N6O6. The number of rotatable bonds is 3. The normalized spacial score (nSPS) is 24.7. The van der Waals surface area contributed by atoms with Crippen LogP contribution in [0, 0.1) is 6.92 Å². The molecule has 0 bridgehead atoms. The first-order chi connectivity index (χ1) is 14.8. The Morgan fingerprint density at radius 3 is 2.65 bits per heavy atom. The van der Waals surface area contributed by atoms with E-state index in [0.717, 1.165) is 12.8 Å². The third-order valence-electron chi connectivity index (χ3n) is 5.64. The Labute approximate surface area is 178 Å². The molecule has 4 rings (SSSR count). The molecule has 168 valence electrons. The van der Waals surface area contributed by atoms with Crippen molar-refractivity contribution in [2.75, 3.05) is 24.6 Å². The predicted molar refractivity (Wildman–Crippen MR) is 106 cm³/mol. The van der Waals surface area contributed by atoms with Crippen molar-refractivity contribution < 1.29 is 29.1 Å². The number of carbonyl (C=O) groups is 2. The molecule has 12 heteroatoms. The van der Waals surface area contributed by atoms with Crippen LogP contribution in [0.1, 0.15) is 42.6 Å². The van der Waals surface area contributed by atoms with Gasteiger partial charge in [0.05, 0.1) is 23.9 Å². The number of nitrogens with one attached hydrogen (secondary N) is 1.